The van der Waals surface area contributed by atoms with Crippen LogP contribution in [0.4, 0.5) is 10.3 Å². The van der Waals surface area contributed by atoms with E-state index in [0.717, 1.165) is 31.6 Å². The third-order valence-corrected chi connectivity index (χ3v) is 8.20. The van der Waals surface area contributed by atoms with Gasteiger partial charge in [-0.05, 0) is 62.1 Å². The normalized spacial score (nSPS) is 16.8. The molecule has 0 aliphatic carbocycles. The van der Waals surface area contributed by atoms with Crippen molar-refractivity contribution in [1.82, 2.24) is 14.3 Å². The zero-order valence-electron chi connectivity index (χ0n) is 19.1. The van der Waals surface area contributed by atoms with Crippen molar-refractivity contribution in [3.05, 3.63) is 71.2 Å². The Balaban J connectivity index is 1.53. The van der Waals surface area contributed by atoms with Gasteiger partial charge < -0.3 is 9.64 Å². The van der Waals surface area contributed by atoms with Gasteiger partial charge in [0.05, 0.1) is 16.2 Å². The smallest absolute Gasteiger partial charge is 0.243 e. The summed E-state index contributed by atoms with van der Waals surface area (Å²) in [4.78, 5) is 11.9. The van der Waals surface area contributed by atoms with Gasteiger partial charge in [-0.15, -0.1) is 0 Å². The molecule has 2 aliphatic rings. The molecular weight excluding hydrogens is 455 g/mol. The quantitative estimate of drug-likeness (QED) is 0.535. The number of sulfonamides is 1. The molecule has 178 valence electrons. The van der Waals surface area contributed by atoms with E-state index in [4.69, 9.17) is 14.7 Å². The minimum atomic E-state index is -3.68. The maximum atomic E-state index is 13.8. The summed E-state index contributed by atoms with van der Waals surface area (Å²) < 4.78 is 47.9. The first-order chi connectivity index (χ1) is 16.4. The van der Waals surface area contributed by atoms with E-state index < -0.39 is 10.0 Å². The fourth-order valence-electron chi connectivity index (χ4n) is 4.41. The molecule has 0 saturated carbocycles. The predicted molar refractivity (Wildman–Crippen MR) is 127 cm³/mol. The van der Waals surface area contributed by atoms with Gasteiger partial charge in [-0.2, -0.15) is 9.29 Å². The molecule has 2 aromatic carbocycles. The maximum Gasteiger partial charge on any atom is 0.243 e. The lowest BCUT2D eigenvalue weighted by atomic mass is 10.1. The number of hydrogen-bond acceptors (Lipinski definition) is 6. The second kappa shape index (κ2) is 9.31. The number of piperidine rings is 1. The molecule has 3 heterocycles. The van der Waals surface area contributed by atoms with Crippen LogP contribution in [0.25, 0.3) is 0 Å². The largest absolute Gasteiger partial charge is 0.438 e. The molecule has 0 N–H and O–H groups in total. The molecule has 5 rings (SSSR count). The molecule has 1 saturated heterocycles. The van der Waals surface area contributed by atoms with E-state index in [1.165, 1.54) is 16.8 Å². The number of aromatic nitrogens is 2. The Kier molecular flexibility index (Phi) is 6.22. The van der Waals surface area contributed by atoms with Crippen LogP contribution in [0.3, 0.4) is 0 Å². The highest BCUT2D eigenvalue weighted by Crippen LogP contribution is 2.34. The molecule has 9 heteroatoms. The zero-order valence-corrected chi connectivity index (χ0v) is 19.9. The van der Waals surface area contributed by atoms with Crippen LogP contribution in [-0.2, 0) is 23.0 Å². The monoisotopic (exact) mass is 482 g/mol. The van der Waals surface area contributed by atoms with Crippen LogP contribution in [0, 0.1) is 12.7 Å². The lowest BCUT2D eigenvalue weighted by Crippen LogP contribution is -2.37. The van der Waals surface area contributed by atoms with Crippen molar-refractivity contribution >= 4 is 16.0 Å². The SMILES string of the molecule is Cc1cc(Oc2nc(N3CCCCC3)nc3c2CN(S(=O)(=O)c2ccccc2)CC3)ccc1F. The summed E-state index contributed by atoms with van der Waals surface area (Å²) in [5.41, 5.74) is 1.90. The molecule has 0 spiro atoms. The fourth-order valence-corrected chi connectivity index (χ4v) is 5.84. The Labute approximate surface area is 199 Å². The lowest BCUT2D eigenvalue weighted by Gasteiger charge is -2.31. The standard InChI is InChI=1S/C25H27FN4O3S/c1-18-16-19(10-11-22(18)26)33-24-21-17-30(34(31,32)20-8-4-2-5-9-20)15-12-23(21)27-25(28-24)29-13-6-3-7-14-29/h2,4-5,8-11,16H,3,6-7,12-15,17H2,1H3. The first kappa shape index (κ1) is 22.7. The second-order valence-electron chi connectivity index (χ2n) is 8.72. The number of rotatable bonds is 5. The Morgan fingerprint density at radius 3 is 2.47 bits per heavy atom. The first-order valence-corrected chi connectivity index (χ1v) is 13.0. The van der Waals surface area contributed by atoms with E-state index in [1.807, 2.05) is 0 Å². The molecule has 1 fully saturated rings. The number of fused-ring (bicyclic) bond motifs is 1. The fraction of sp³-hybridized carbons (Fsp3) is 0.360. The summed E-state index contributed by atoms with van der Waals surface area (Å²) in [6, 6.07) is 12.9. The van der Waals surface area contributed by atoms with Gasteiger partial charge in [0.1, 0.15) is 11.6 Å². The zero-order chi connectivity index (χ0) is 23.7. The number of aryl methyl sites for hydroxylation is 1. The van der Waals surface area contributed by atoms with Crippen LogP contribution in [0.2, 0.25) is 0 Å². The second-order valence-corrected chi connectivity index (χ2v) is 10.7. The van der Waals surface area contributed by atoms with Gasteiger partial charge in [-0.1, -0.05) is 18.2 Å². The molecule has 0 unspecified atom stereocenters. The van der Waals surface area contributed by atoms with Gasteiger partial charge >= 0.3 is 0 Å². The third-order valence-electron chi connectivity index (χ3n) is 6.34. The first-order valence-electron chi connectivity index (χ1n) is 11.6. The molecular formula is C25H27FN4O3S. The summed E-state index contributed by atoms with van der Waals surface area (Å²) in [5.74, 6) is 1.06. The van der Waals surface area contributed by atoms with E-state index in [-0.39, 0.29) is 17.3 Å². The van der Waals surface area contributed by atoms with Crippen molar-refractivity contribution in [1.29, 1.82) is 0 Å². The summed E-state index contributed by atoms with van der Waals surface area (Å²) in [5, 5.41) is 0. The van der Waals surface area contributed by atoms with Gasteiger partial charge in [0.2, 0.25) is 21.9 Å². The summed E-state index contributed by atoms with van der Waals surface area (Å²) in [6.07, 6.45) is 3.81. The van der Waals surface area contributed by atoms with Crippen molar-refractivity contribution in [2.24, 2.45) is 0 Å². The third kappa shape index (κ3) is 4.50. The molecule has 1 aromatic heterocycles. The molecule has 34 heavy (non-hydrogen) atoms. The minimum absolute atomic E-state index is 0.113. The van der Waals surface area contributed by atoms with Gasteiger partial charge in [0.15, 0.2) is 0 Å². The van der Waals surface area contributed by atoms with E-state index >= 15 is 0 Å². The summed E-state index contributed by atoms with van der Waals surface area (Å²) >= 11 is 0. The Morgan fingerprint density at radius 1 is 0.971 bits per heavy atom. The van der Waals surface area contributed by atoms with Crippen LogP contribution < -0.4 is 9.64 Å². The van der Waals surface area contributed by atoms with Crippen LogP contribution in [-0.4, -0.2) is 42.3 Å². The van der Waals surface area contributed by atoms with Gasteiger partial charge in [0, 0.05) is 32.6 Å². The van der Waals surface area contributed by atoms with Gasteiger partial charge in [0.25, 0.3) is 0 Å². The summed E-state index contributed by atoms with van der Waals surface area (Å²) in [6.45, 7) is 3.87. The van der Waals surface area contributed by atoms with Crippen molar-refractivity contribution in [2.45, 2.75) is 44.0 Å². The highest BCUT2D eigenvalue weighted by molar-refractivity contribution is 7.89. The van der Waals surface area contributed by atoms with Crippen LogP contribution >= 0.6 is 0 Å². The average molecular weight is 483 g/mol. The molecule has 3 aromatic rings. The van der Waals surface area contributed by atoms with Crippen molar-refractivity contribution in [3.8, 4) is 11.6 Å². The van der Waals surface area contributed by atoms with Crippen LogP contribution in [0.1, 0.15) is 36.1 Å². The number of hydrogen-bond donors (Lipinski definition) is 0. The maximum absolute atomic E-state index is 13.8. The molecule has 0 bridgehead atoms. The van der Waals surface area contributed by atoms with Crippen LogP contribution in [0.5, 0.6) is 11.6 Å². The molecule has 2 aliphatic heterocycles. The molecule has 0 atom stereocenters. The Morgan fingerprint density at radius 2 is 1.74 bits per heavy atom. The highest BCUT2D eigenvalue weighted by Gasteiger charge is 2.32. The lowest BCUT2D eigenvalue weighted by molar-refractivity contribution is 0.368. The van der Waals surface area contributed by atoms with E-state index in [2.05, 4.69) is 4.90 Å². The molecule has 0 amide bonds. The average Bonchev–Trinajstić information content (AvgIpc) is 2.87. The molecule has 7 nitrogen and oxygen atoms in total. The van der Waals surface area contributed by atoms with Gasteiger partial charge in [-0.3, -0.25) is 0 Å². The predicted octanol–water partition coefficient (Wildman–Crippen LogP) is 4.45. The number of halogens is 1. The van der Waals surface area contributed by atoms with E-state index in [9.17, 15) is 12.8 Å². The van der Waals surface area contributed by atoms with Crippen LogP contribution in [0.15, 0.2) is 53.4 Å². The van der Waals surface area contributed by atoms with E-state index in [0.29, 0.717) is 41.7 Å². The van der Waals surface area contributed by atoms with Crippen molar-refractivity contribution in [3.63, 3.8) is 0 Å². The number of ether oxygens (including phenoxy) is 1. The minimum Gasteiger partial charge on any atom is -0.438 e. The Hall–Kier alpha value is -3.04. The van der Waals surface area contributed by atoms with Crippen molar-refractivity contribution < 1.29 is 17.5 Å². The number of benzene rings is 2. The molecule has 0 radical (unpaired) electrons. The highest BCUT2D eigenvalue weighted by atomic mass is 32.2. The van der Waals surface area contributed by atoms with Crippen molar-refractivity contribution in [2.75, 3.05) is 24.5 Å². The summed E-state index contributed by atoms with van der Waals surface area (Å²) in [7, 11) is -3.68. The topological polar surface area (TPSA) is 75.6 Å². The number of nitrogens with zero attached hydrogens (tertiary/aromatic N) is 4. The number of anilines is 1. The Bertz CT molecular complexity index is 1300. The van der Waals surface area contributed by atoms with E-state index in [1.54, 1.807) is 49.4 Å². The van der Waals surface area contributed by atoms with Gasteiger partial charge in [-0.25, -0.2) is 17.8 Å².